The Hall–Kier alpha value is -1.93. The summed E-state index contributed by atoms with van der Waals surface area (Å²) in [6.45, 7) is 2.38. The molecule has 0 bridgehead atoms. The third-order valence-electron chi connectivity index (χ3n) is 5.89. The maximum absolute atomic E-state index is 13.2. The van der Waals surface area contributed by atoms with Crippen molar-refractivity contribution in [3.05, 3.63) is 56.0 Å². The van der Waals surface area contributed by atoms with Gasteiger partial charge in [-0.15, -0.1) is 11.3 Å². The van der Waals surface area contributed by atoms with Gasteiger partial charge in [-0.3, -0.25) is 9.59 Å². The van der Waals surface area contributed by atoms with Crippen LogP contribution in [0.2, 0.25) is 0 Å². The van der Waals surface area contributed by atoms with Gasteiger partial charge in [-0.2, -0.15) is 0 Å². The number of hydrogen-bond donors (Lipinski definition) is 0. The predicted molar refractivity (Wildman–Crippen MR) is 126 cm³/mol. The molecule has 0 unspecified atom stereocenters. The number of piperidine rings is 1. The zero-order valence-corrected chi connectivity index (χ0v) is 19.2. The lowest BCUT2D eigenvalue weighted by atomic mass is 9.99. The highest BCUT2D eigenvalue weighted by Crippen LogP contribution is 2.40. The molecule has 0 spiro atoms. The minimum atomic E-state index is 0.0878. The summed E-state index contributed by atoms with van der Waals surface area (Å²) in [4.78, 5) is 30.0. The van der Waals surface area contributed by atoms with Gasteiger partial charge in [0.15, 0.2) is 0 Å². The highest BCUT2D eigenvalue weighted by Gasteiger charge is 2.26. The van der Waals surface area contributed by atoms with E-state index in [2.05, 4.69) is 46.9 Å². The van der Waals surface area contributed by atoms with E-state index in [0.717, 1.165) is 66.7 Å². The van der Waals surface area contributed by atoms with Crippen LogP contribution in [0, 0.1) is 3.57 Å². The Balaban J connectivity index is 1.59. The monoisotopic (exact) mass is 516 g/mol. The lowest BCUT2D eigenvalue weighted by Crippen LogP contribution is -2.35. The van der Waals surface area contributed by atoms with Crippen LogP contribution in [-0.4, -0.2) is 41.8 Å². The Labute approximate surface area is 187 Å². The van der Waals surface area contributed by atoms with E-state index in [0.29, 0.717) is 6.54 Å². The lowest BCUT2D eigenvalue weighted by molar-refractivity contribution is 0.0728. The number of hydrogen-bond acceptors (Lipinski definition) is 3. The Morgan fingerprint density at radius 1 is 1.07 bits per heavy atom. The van der Waals surface area contributed by atoms with Crippen molar-refractivity contribution in [2.45, 2.75) is 25.8 Å². The molecule has 1 aromatic heterocycles. The van der Waals surface area contributed by atoms with Crippen LogP contribution in [0.15, 0.2) is 36.4 Å². The summed E-state index contributed by atoms with van der Waals surface area (Å²) in [6.07, 6.45) is 3.41. The molecule has 0 radical (unpaired) electrons. The van der Waals surface area contributed by atoms with Crippen molar-refractivity contribution in [2.75, 3.05) is 20.1 Å². The number of carbonyl (C=O) groups is 2. The van der Waals surface area contributed by atoms with Crippen molar-refractivity contribution >= 4 is 55.8 Å². The first-order valence-corrected chi connectivity index (χ1v) is 11.8. The second kappa shape index (κ2) is 7.40. The van der Waals surface area contributed by atoms with E-state index in [9.17, 15) is 9.59 Å². The van der Waals surface area contributed by atoms with Crippen LogP contribution < -0.4 is 0 Å². The molecule has 2 amide bonds. The maximum Gasteiger partial charge on any atom is 0.265 e. The molecule has 3 heterocycles. The molecule has 0 saturated carbocycles. The Morgan fingerprint density at radius 3 is 2.66 bits per heavy atom. The van der Waals surface area contributed by atoms with Crippen LogP contribution in [0.25, 0.3) is 21.2 Å². The average molecular weight is 516 g/mol. The van der Waals surface area contributed by atoms with E-state index in [1.165, 1.54) is 6.42 Å². The van der Waals surface area contributed by atoms with Gasteiger partial charge in [-0.1, -0.05) is 24.3 Å². The van der Waals surface area contributed by atoms with Crippen LogP contribution in [0.1, 0.15) is 44.9 Å². The highest BCUT2D eigenvalue weighted by atomic mass is 127. The average Bonchev–Trinajstić information content (AvgIpc) is 3.24. The number of amides is 2. The fraction of sp³-hybridized carbons (Fsp3) is 0.304. The number of likely N-dealkylation sites (tertiary alicyclic amines) is 1. The first-order chi connectivity index (χ1) is 14.0. The number of rotatable bonds is 2. The van der Waals surface area contributed by atoms with Crippen molar-refractivity contribution in [1.82, 2.24) is 9.80 Å². The zero-order chi connectivity index (χ0) is 20.1. The number of benzene rings is 2. The largest absolute Gasteiger partial charge is 0.338 e. The molecule has 4 nitrogen and oxygen atoms in total. The third-order valence-corrected chi connectivity index (χ3v) is 8.61. The summed E-state index contributed by atoms with van der Waals surface area (Å²) in [5.74, 6) is 0.257. The molecular weight excluding hydrogens is 495 g/mol. The predicted octanol–water partition coefficient (Wildman–Crippen LogP) is 5.38. The van der Waals surface area contributed by atoms with Crippen molar-refractivity contribution in [3.63, 3.8) is 0 Å². The first kappa shape index (κ1) is 19.1. The minimum Gasteiger partial charge on any atom is -0.338 e. The fourth-order valence-corrected chi connectivity index (χ4v) is 6.72. The molecular formula is C23H21IN2O2S. The van der Waals surface area contributed by atoms with E-state index >= 15 is 0 Å². The Bertz CT molecular complexity index is 1150. The summed E-state index contributed by atoms with van der Waals surface area (Å²) in [7, 11) is 1.84. The van der Waals surface area contributed by atoms with Crippen molar-refractivity contribution in [1.29, 1.82) is 0 Å². The molecule has 5 rings (SSSR count). The summed E-state index contributed by atoms with van der Waals surface area (Å²) < 4.78 is 2.20. The van der Waals surface area contributed by atoms with Gasteiger partial charge < -0.3 is 9.80 Å². The highest BCUT2D eigenvalue weighted by molar-refractivity contribution is 14.1. The van der Waals surface area contributed by atoms with Crippen LogP contribution in [0.5, 0.6) is 0 Å². The molecule has 6 heteroatoms. The SMILES string of the molecule is CN1Cc2cc(-c3cccc4c(I)c(C(=O)N5CCCCC5)sc34)ccc2C1=O. The van der Waals surface area contributed by atoms with E-state index < -0.39 is 0 Å². The summed E-state index contributed by atoms with van der Waals surface area (Å²) >= 11 is 3.93. The van der Waals surface area contributed by atoms with Crippen molar-refractivity contribution in [2.24, 2.45) is 0 Å². The van der Waals surface area contributed by atoms with Gasteiger partial charge in [0.2, 0.25) is 0 Å². The molecule has 1 fully saturated rings. The number of halogens is 1. The van der Waals surface area contributed by atoms with Crippen molar-refractivity contribution in [3.8, 4) is 11.1 Å². The standard InChI is InChI=1S/C23H21IN2O2S/c1-25-13-15-12-14(8-9-17(15)22(25)27)16-6-5-7-18-19(24)21(29-20(16)18)23(28)26-10-3-2-4-11-26/h5-9,12H,2-4,10-11,13H2,1H3. The molecule has 2 aromatic carbocycles. The van der Waals surface area contributed by atoms with Crippen LogP contribution >= 0.6 is 33.9 Å². The minimum absolute atomic E-state index is 0.0878. The van der Waals surface area contributed by atoms with Gasteiger partial charge >= 0.3 is 0 Å². The Morgan fingerprint density at radius 2 is 1.86 bits per heavy atom. The smallest absolute Gasteiger partial charge is 0.265 e. The molecule has 1 saturated heterocycles. The number of fused-ring (bicyclic) bond motifs is 2. The molecule has 0 atom stereocenters. The van der Waals surface area contributed by atoms with Crippen LogP contribution in [0.3, 0.4) is 0 Å². The zero-order valence-electron chi connectivity index (χ0n) is 16.2. The van der Waals surface area contributed by atoms with Crippen molar-refractivity contribution < 1.29 is 9.59 Å². The van der Waals surface area contributed by atoms with Gasteiger partial charge in [-0.05, 0) is 70.7 Å². The molecule has 2 aliphatic rings. The van der Waals surface area contributed by atoms with E-state index in [1.54, 1.807) is 16.2 Å². The van der Waals surface area contributed by atoms with Crippen LogP contribution in [0.4, 0.5) is 0 Å². The molecule has 0 aliphatic carbocycles. The summed E-state index contributed by atoms with van der Waals surface area (Å²) in [5.41, 5.74) is 4.10. The Kier molecular flexibility index (Phi) is 4.86. The molecule has 29 heavy (non-hydrogen) atoms. The lowest BCUT2D eigenvalue weighted by Gasteiger charge is -2.26. The molecule has 3 aromatic rings. The second-order valence-corrected chi connectivity index (χ2v) is 9.91. The fourth-order valence-electron chi connectivity index (χ4n) is 4.33. The quantitative estimate of drug-likeness (QED) is 0.429. The summed E-state index contributed by atoms with van der Waals surface area (Å²) in [5, 5.41) is 1.14. The normalized spacial score (nSPS) is 16.6. The second-order valence-electron chi connectivity index (χ2n) is 7.81. The molecule has 0 N–H and O–H groups in total. The van der Waals surface area contributed by atoms with E-state index in [-0.39, 0.29) is 11.8 Å². The van der Waals surface area contributed by atoms with E-state index in [1.807, 2.05) is 24.1 Å². The first-order valence-electron chi connectivity index (χ1n) is 9.93. The van der Waals surface area contributed by atoms with Gasteiger partial charge in [0.05, 0.1) is 0 Å². The van der Waals surface area contributed by atoms with Gasteiger partial charge in [0.1, 0.15) is 4.88 Å². The van der Waals surface area contributed by atoms with Gasteiger partial charge in [0, 0.05) is 45.9 Å². The topological polar surface area (TPSA) is 40.6 Å². The molecule has 148 valence electrons. The maximum atomic E-state index is 13.2. The van der Waals surface area contributed by atoms with E-state index in [4.69, 9.17) is 0 Å². The van der Waals surface area contributed by atoms with Gasteiger partial charge in [-0.25, -0.2) is 0 Å². The third kappa shape index (κ3) is 3.17. The van der Waals surface area contributed by atoms with Crippen LogP contribution in [-0.2, 0) is 6.54 Å². The summed E-state index contributed by atoms with van der Waals surface area (Å²) in [6, 6.07) is 12.4. The molecule has 2 aliphatic heterocycles. The number of carbonyl (C=O) groups excluding carboxylic acids is 2. The van der Waals surface area contributed by atoms with Gasteiger partial charge in [0.25, 0.3) is 11.8 Å². The number of nitrogens with zero attached hydrogens (tertiary/aromatic N) is 2. The number of thiophene rings is 1.